The number of hydrogen-bond acceptors (Lipinski definition) is 3. The molecule has 0 aliphatic carbocycles. The van der Waals surface area contributed by atoms with Crippen LogP contribution in [0.5, 0.6) is 11.5 Å². The average Bonchev–Trinajstić information content (AvgIpc) is 2.37. The summed E-state index contributed by atoms with van der Waals surface area (Å²) in [5.41, 5.74) is 0. The van der Waals surface area contributed by atoms with Crippen molar-refractivity contribution in [2.75, 3.05) is 19.7 Å². The fourth-order valence-electron chi connectivity index (χ4n) is 1.79. The van der Waals surface area contributed by atoms with E-state index in [1.807, 2.05) is 31.2 Å². The minimum atomic E-state index is 0.213. The van der Waals surface area contributed by atoms with Crippen molar-refractivity contribution in [3.63, 3.8) is 0 Å². The Morgan fingerprint density at radius 3 is 2.56 bits per heavy atom. The summed E-state index contributed by atoms with van der Waals surface area (Å²) in [6.07, 6.45) is 2.39. The van der Waals surface area contributed by atoms with E-state index in [0.717, 1.165) is 37.4 Å². The number of nitrogens with one attached hydrogen (secondary N) is 1. The Bertz CT molecular complexity index is 328. The highest BCUT2D eigenvalue weighted by atomic mass is 16.5. The van der Waals surface area contributed by atoms with Crippen LogP contribution in [0.25, 0.3) is 0 Å². The van der Waals surface area contributed by atoms with Gasteiger partial charge in [-0.2, -0.15) is 0 Å². The van der Waals surface area contributed by atoms with Crippen LogP contribution < -0.4 is 14.8 Å². The van der Waals surface area contributed by atoms with Gasteiger partial charge in [0.2, 0.25) is 0 Å². The summed E-state index contributed by atoms with van der Waals surface area (Å²) < 4.78 is 11.5. The molecule has 3 nitrogen and oxygen atoms in total. The van der Waals surface area contributed by atoms with Crippen molar-refractivity contribution in [1.29, 1.82) is 0 Å². The van der Waals surface area contributed by atoms with Crippen molar-refractivity contribution in [2.24, 2.45) is 0 Å². The monoisotopic (exact) mass is 251 g/mol. The maximum Gasteiger partial charge on any atom is 0.161 e. The molecule has 1 N–H and O–H groups in total. The van der Waals surface area contributed by atoms with Crippen LogP contribution in [0, 0.1) is 0 Å². The normalized spacial score (nSPS) is 12.2. The quantitative estimate of drug-likeness (QED) is 0.683. The minimum Gasteiger partial charge on any atom is -0.490 e. The van der Waals surface area contributed by atoms with E-state index in [9.17, 15) is 0 Å². The van der Waals surface area contributed by atoms with Crippen molar-refractivity contribution in [3.8, 4) is 11.5 Å². The Kier molecular flexibility index (Phi) is 7.26. The highest BCUT2D eigenvalue weighted by Crippen LogP contribution is 2.27. The number of hydrogen-bond donors (Lipinski definition) is 1. The molecule has 0 fully saturated rings. The molecular weight excluding hydrogens is 226 g/mol. The van der Waals surface area contributed by atoms with Gasteiger partial charge >= 0.3 is 0 Å². The average molecular weight is 251 g/mol. The van der Waals surface area contributed by atoms with Crippen LogP contribution in [-0.4, -0.2) is 25.8 Å². The molecule has 0 aliphatic heterocycles. The van der Waals surface area contributed by atoms with Crippen molar-refractivity contribution >= 4 is 0 Å². The van der Waals surface area contributed by atoms with Gasteiger partial charge in [-0.1, -0.05) is 19.1 Å². The standard InChI is InChI=1S/C15H25NO2/c1-4-16-12-8-9-13(3)18-15-11-7-6-10-14(15)17-5-2/h6-7,10-11,13,16H,4-5,8-9,12H2,1-3H3. The summed E-state index contributed by atoms with van der Waals surface area (Å²) >= 11 is 0. The zero-order valence-electron chi connectivity index (χ0n) is 11.7. The lowest BCUT2D eigenvalue weighted by Gasteiger charge is -2.17. The van der Waals surface area contributed by atoms with Crippen molar-refractivity contribution in [1.82, 2.24) is 5.32 Å². The van der Waals surface area contributed by atoms with Gasteiger partial charge in [-0.3, -0.25) is 0 Å². The minimum absolute atomic E-state index is 0.213. The lowest BCUT2D eigenvalue weighted by molar-refractivity contribution is 0.195. The van der Waals surface area contributed by atoms with E-state index in [1.165, 1.54) is 0 Å². The maximum atomic E-state index is 5.93. The van der Waals surface area contributed by atoms with E-state index >= 15 is 0 Å². The lowest BCUT2D eigenvalue weighted by Crippen LogP contribution is -2.18. The molecule has 1 aromatic rings. The first-order valence-corrected chi connectivity index (χ1v) is 6.87. The van der Waals surface area contributed by atoms with Crippen molar-refractivity contribution in [2.45, 2.75) is 39.7 Å². The first kappa shape index (κ1) is 14.8. The molecular formula is C15H25NO2. The van der Waals surface area contributed by atoms with Gasteiger partial charge in [0.1, 0.15) is 0 Å². The Hall–Kier alpha value is -1.22. The third-order valence-electron chi connectivity index (χ3n) is 2.69. The number of benzene rings is 1. The van der Waals surface area contributed by atoms with E-state index in [1.54, 1.807) is 0 Å². The van der Waals surface area contributed by atoms with Gasteiger partial charge < -0.3 is 14.8 Å². The molecule has 0 spiro atoms. The van der Waals surface area contributed by atoms with Gasteiger partial charge in [-0.15, -0.1) is 0 Å². The predicted octanol–water partition coefficient (Wildman–Crippen LogP) is 3.24. The van der Waals surface area contributed by atoms with Gasteiger partial charge in [-0.05, 0) is 51.9 Å². The van der Waals surface area contributed by atoms with Crippen LogP contribution in [0.1, 0.15) is 33.6 Å². The highest BCUT2D eigenvalue weighted by Gasteiger charge is 2.08. The summed E-state index contributed by atoms with van der Waals surface area (Å²) in [6.45, 7) is 8.96. The Morgan fingerprint density at radius 1 is 1.17 bits per heavy atom. The van der Waals surface area contributed by atoms with E-state index in [4.69, 9.17) is 9.47 Å². The summed E-state index contributed by atoms with van der Waals surface area (Å²) in [6, 6.07) is 7.85. The Morgan fingerprint density at radius 2 is 1.89 bits per heavy atom. The zero-order valence-corrected chi connectivity index (χ0v) is 11.7. The third-order valence-corrected chi connectivity index (χ3v) is 2.69. The predicted molar refractivity (Wildman–Crippen MR) is 75.5 cm³/mol. The molecule has 0 aromatic heterocycles. The van der Waals surface area contributed by atoms with E-state index in [2.05, 4.69) is 19.2 Å². The second kappa shape index (κ2) is 8.81. The van der Waals surface area contributed by atoms with E-state index in [0.29, 0.717) is 6.61 Å². The van der Waals surface area contributed by atoms with Gasteiger partial charge in [0, 0.05) is 0 Å². The summed E-state index contributed by atoms with van der Waals surface area (Å²) in [5.74, 6) is 1.67. The van der Waals surface area contributed by atoms with Crippen LogP contribution in [0.4, 0.5) is 0 Å². The zero-order chi connectivity index (χ0) is 13.2. The summed E-state index contributed by atoms with van der Waals surface area (Å²) in [5, 5.41) is 3.32. The van der Waals surface area contributed by atoms with E-state index in [-0.39, 0.29) is 6.10 Å². The Balaban J connectivity index is 2.40. The molecule has 18 heavy (non-hydrogen) atoms. The molecule has 0 saturated carbocycles. The molecule has 0 saturated heterocycles. The van der Waals surface area contributed by atoms with Crippen molar-refractivity contribution in [3.05, 3.63) is 24.3 Å². The SMILES string of the molecule is CCNCCCC(C)Oc1ccccc1OCC. The fourth-order valence-corrected chi connectivity index (χ4v) is 1.79. The Labute approximate surface area is 110 Å². The van der Waals surface area contributed by atoms with E-state index < -0.39 is 0 Å². The van der Waals surface area contributed by atoms with Gasteiger partial charge in [0.05, 0.1) is 12.7 Å². The summed E-state index contributed by atoms with van der Waals surface area (Å²) in [4.78, 5) is 0. The number of ether oxygens (including phenoxy) is 2. The highest BCUT2D eigenvalue weighted by molar-refractivity contribution is 5.39. The largest absolute Gasteiger partial charge is 0.490 e. The van der Waals surface area contributed by atoms with Crippen LogP contribution in [0.15, 0.2) is 24.3 Å². The molecule has 0 bridgehead atoms. The maximum absolute atomic E-state index is 5.93. The van der Waals surface area contributed by atoms with Crippen LogP contribution in [-0.2, 0) is 0 Å². The molecule has 1 atom stereocenters. The van der Waals surface area contributed by atoms with Gasteiger partial charge in [-0.25, -0.2) is 0 Å². The van der Waals surface area contributed by atoms with Crippen LogP contribution in [0.2, 0.25) is 0 Å². The van der Waals surface area contributed by atoms with Crippen LogP contribution in [0.3, 0.4) is 0 Å². The van der Waals surface area contributed by atoms with Crippen LogP contribution >= 0.6 is 0 Å². The number of para-hydroxylation sites is 2. The first-order chi connectivity index (χ1) is 8.77. The lowest BCUT2D eigenvalue weighted by atomic mass is 10.2. The molecule has 3 heteroatoms. The molecule has 0 heterocycles. The first-order valence-electron chi connectivity index (χ1n) is 6.87. The second-order valence-electron chi connectivity index (χ2n) is 4.30. The molecule has 0 amide bonds. The molecule has 1 unspecified atom stereocenters. The molecule has 1 rings (SSSR count). The third kappa shape index (κ3) is 5.41. The molecule has 1 aromatic carbocycles. The van der Waals surface area contributed by atoms with Gasteiger partial charge in [0.15, 0.2) is 11.5 Å². The smallest absolute Gasteiger partial charge is 0.161 e. The van der Waals surface area contributed by atoms with Gasteiger partial charge in [0.25, 0.3) is 0 Å². The fraction of sp³-hybridized carbons (Fsp3) is 0.600. The molecule has 0 aliphatic rings. The van der Waals surface area contributed by atoms with Crippen molar-refractivity contribution < 1.29 is 9.47 Å². The second-order valence-corrected chi connectivity index (χ2v) is 4.30. The number of rotatable bonds is 9. The molecule has 0 radical (unpaired) electrons. The topological polar surface area (TPSA) is 30.5 Å². The molecule has 102 valence electrons. The summed E-state index contributed by atoms with van der Waals surface area (Å²) in [7, 11) is 0.